The van der Waals surface area contributed by atoms with Crippen LogP contribution in [0.3, 0.4) is 0 Å². The first-order chi connectivity index (χ1) is 15.3. The Balaban J connectivity index is 1.99. The molecule has 0 heterocycles. The third-order valence-electron chi connectivity index (χ3n) is 5.89. The first kappa shape index (κ1) is 21.8. The van der Waals surface area contributed by atoms with Crippen molar-refractivity contribution < 1.29 is 8.85 Å². The maximum atomic E-state index is 6.92. The highest BCUT2D eigenvalue weighted by molar-refractivity contribution is 6.95. The predicted octanol–water partition coefficient (Wildman–Crippen LogP) is 6.18. The number of hydrogen-bond acceptors (Lipinski definition) is 2. The van der Waals surface area contributed by atoms with Crippen molar-refractivity contribution in [2.45, 2.75) is 39.5 Å². The van der Waals surface area contributed by atoms with E-state index in [1.54, 1.807) is 0 Å². The minimum Gasteiger partial charge on any atom is -0.388 e. The van der Waals surface area contributed by atoms with Crippen LogP contribution in [0.5, 0.6) is 0 Å². The number of fused-ring (bicyclic) bond motifs is 2. The van der Waals surface area contributed by atoms with Crippen molar-refractivity contribution in [3.8, 4) is 0 Å². The fraction of sp³-hybridized carbons (Fsp3) is 0.286. The Morgan fingerprint density at radius 1 is 0.548 bits per heavy atom. The van der Waals surface area contributed by atoms with Crippen molar-refractivity contribution in [2.75, 3.05) is 13.2 Å². The summed E-state index contributed by atoms with van der Waals surface area (Å²) in [5.74, 6) is 0. The van der Waals surface area contributed by atoms with Gasteiger partial charge < -0.3 is 8.85 Å². The molecule has 0 atom stereocenters. The largest absolute Gasteiger partial charge is 0.408 e. The van der Waals surface area contributed by atoms with Crippen molar-refractivity contribution in [2.24, 2.45) is 0 Å². The number of benzene rings is 4. The minimum absolute atomic E-state index is 0.710. The predicted molar refractivity (Wildman–Crippen MR) is 135 cm³/mol. The molecule has 0 aliphatic heterocycles. The van der Waals surface area contributed by atoms with E-state index in [1.807, 2.05) is 0 Å². The van der Waals surface area contributed by atoms with Crippen LogP contribution >= 0.6 is 0 Å². The molecule has 2 nitrogen and oxygen atoms in total. The summed E-state index contributed by atoms with van der Waals surface area (Å²) in [5.41, 5.74) is 0. The molecule has 0 saturated heterocycles. The molecule has 0 radical (unpaired) electrons. The van der Waals surface area contributed by atoms with E-state index in [2.05, 4.69) is 98.8 Å². The second-order valence-corrected chi connectivity index (χ2v) is 11.0. The summed E-state index contributed by atoms with van der Waals surface area (Å²) >= 11 is 0. The minimum atomic E-state index is -2.95. The summed E-state index contributed by atoms with van der Waals surface area (Å²) in [4.78, 5) is 0. The van der Waals surface area contributed by atoms with Gasteiger partial charge in [0.25, 0.3) is 0 Å². The monoisotopic (exact) mass is 428 g/mol. The zero-order valence-electron chi connectivity index (χ0n) is 18.6. The molecule has 0 fully saturated rings. The Morgan fingerprint density at radius 2 is 0.968 bits per heavy atom. The van der Waals surface area contributed by atoms with Gasteiger partial charge in [0, 0.05) is 23.6 Å². The number of rotatable bonds is 10. The molecule has 0 bridgehead atoms. The Kier molecular flexibility index (Phi) is 7.18. The summed E-state index contributed by atoms with van der Waals surface area (Å²) in [6.45, 7) is 5.84. The van der Waals surface area contributed by atoms with E-state index in [0.29, 0.717) is 13.2 Å². The van der Waals surface area contributed by atoms with Gasteiger partial charge in [-0.25, -0.2) is 0 Å². The van der Waals surface area contributed by atoms with Crippen LogP contribution < -0.4 is 10.4 Å². The van der Waals surface area contributed by atoms with E-state index in [0.717, 1.165) is 25.7 Å². The van der Waals surface area contributed by atoms with Crippen LogP contribution in [0.2, 0.25) is 0 Å². The van der Waals surface area contributed by atoms with Gasteiger partial charge >= 0.3 is 8.56 Å². The fourth-order valence-electron chi connectivity index (χ4n) is 4.24. The second kappa shape index (κ2) is 10.2. The Bertz CT molecular complexity index is 1040. The van der Waals surface area contributed by atoms with Crippen molar-refractivity contribution >= 4 is 40.5 Å². The van der Waals surface area contributed by atoms with Crippen molar-refractivity contribution in [3.05, 3.63) is 84.9 Å². The Hall–Kier alpha value is -2.46. The molecule has 0 amide bonds. The van der Waals surface area contributed by atoms with Gasteiger partial charge in [-0.2, -0.15) is 0 Å². The van der Waals surface area contributed by atoms with E-state index in [-0.39, 0.29) is 0 Å². The zero-order valence-corrected chi connectivity index (χ0v) is 19.6. The molecule has 160 valence electrons. The van der Waals surface area contributed by atoms with Crippen LogP contribution in [0.1, 0.15) is 39.5 Å². The quantitative estimate of drug-likeness (QED) is 0.222. The molecule has 0 aliphatic carbocycles. The summed E-state index contributed by atoms with van der Waals surface area (Å²) in [6, 6.07) is 30.3. The topological polar surface area (TPSA) is 18.5 Å². The lowest BCUT2D eigenvalue weighted by Crippen LogP contribution is -2.64. The second-order valence-electron chi connectivity index (χ2n) is 8.07. The van der Waals surface area contributed by atoms with Gasteiger partial charge in [0.15, 0.2) is 0 Å². The van der Waals surface area contributed by atoms with Crippen LogP contribution in [-0.2, 0) is 8.85 Å². The zero-order chi connectivity index (χ0) is 21.5. The molecule has 31 heavy (non-hydrogen) atoms. The molecule has 4 aromatic rings. The molecular weight excluding hydrogens is 396 g/mol. The van der Waals surface area contributed by atoms with Gasteiger partial charge in [0.1, 0.15) is 0 Å². The summed E-state index contributed by atoms with van der Waals surface area (Å²) in [7, 11) is -2.95. The lowest BCUT2D eigenvalue weighted by molar-refractivity contribution is 0.187. The molecule has 4 aromatic carbocycles. The highest BCUT2D eigenvalue weighted by Gasteiger charge is 2.45. The van der Waals surface area contributed by atoms with Crippen LogP contribution in [0.25, 0.3) is 21.5 Å². The normalized spacial score (nSPS) is 11.9. The Morgan fingerprint density at radius 3 is 1.42 bits per heavy atom. The molecule has 0 saturated carbocycles. The standard InChI is InChI=1S/C28H32O2Si/c1-3-5-21-29-31(30-22-6-4-2,27-19-11-15-23-13-7-9-17-25(23)27)28-20-12-16-24-14-8-10-18-26(24)28/h7-20H,3-6,21-22H2,1-2H3. The van der Waals surface area contributed by atoms with Crippen LogP contribution in [0, 0.1) is 0 Å². The first-order valence-electron chi connectivity index (χ1n) is 11.5. The smallest absolute Gasteiger partial charge is 0.388 e. The van der Waals surface area contributed by atoms with Crippen molar-refractivity contribution in [1.82, 2.24) is 0 Å². The first-order valence-corrected chi connectivity index (χ1v) is 13.4. The lowest BCUT2D eigenvalue weighted by Gasteiger charge is -2.33. The van der Waals surface area contributed by atoms with Crippen LogP contribution in [0.4, 0.5) is 0 Å². The van der Waals surface area contributed by atoms with Gasteiger partial charge in [-0.15, -0.1) is 0 Å². The summed E-state index contributed by atoms with van der Waals surface area (Å²) in [5, 5.41) is 7.36. The van der Waals surface area contributed by atoms with E-state index in [1.165, 1.54) is 31.9 Å². The maximum absolute atomic E-state index is 6.92. The maximum Gasteiger partial charge on any atom is 0.408 e. The number of unbranched alkanes of at least 4 members (excludes halogenated alkanes) is 2. The van der Waals surface area contributed by atoms with Crippen molar-refractivity contribution in [1.29, 1.82) is 0 Å². The van der Waals surface area contributed by atoms with Gasteiger partial charge in [0.2, 0.25) is 0 Å². The van der Waals surface area contributed by atoms with Gasteiger partial charge in [0.05, 0.1) is 0 Å². The van der Waals surface area contributed by atoms with Crippen LogP contribution in [-0.4, -0.2) is 21.8 Å². The van der Waals surface area contributed by atoms with E-state index in [9.17, 15) is 0 Å². The summed E-state index contributed by atoms with van der Waals surface area (Å²) in [6.07, 6.45) is 4.26. The van der Waals surface area contributed by atoms with Crippen LogP contribution in [0.15, 0.2) is 84.9 Å². The van der Waals surface area contributed by atoms with E-state index < -0.39 is 8.56 Å². The Labute approximate surface area is 187 Å². The molecular formula is C28H32O2Si. The van der Waals surface area contributed by atoms with Crippen molar-refractivity contribution in [3.63, 3.8) is 0 Å². The number of hydrogen-bond donors (Lipinski definition) is 0. The van der Waals surface area contributed by atoms with E-state index in [4.69, 9.17) is 8.85 Å². The average Bonchev–Trinajstić information content (AvgIpc) is 2.83. The molecule has 0 spiro atoms. The molecule has 3 heteroatoms. The fourth-order valence-corrected chi connectivity index (χ4v) is 7.90. The highest BCUT2D eigenvalue weighted by atomic mass is 28.4. The van der Waals surface area contributed by atoms with E-state index >= 15 is 0 Å². The average molecular weight is 429 g/mol. The lowest BCUT2D eigenvalue weighted by atomic mass is 10.1. The molecule has 0 unspecified atom stereocenters. The molecule has 0 aliphatic rings. The third kappa shape index (κ3) is 4.45. The molecule has 0 N–H and O–H groups in total. The van der Waals surface area contributed by atoms with Gasteiger partial charge in [-0.1, -0.05) is 112 Å². The van der Waals surface area contributed by atoms with Gasteiger partial charge in [-0.05, 0) is 34.4 Å². The third-order valence-corrected chi connectivity index (χ3v) is 9.41. The molecule has 0 aromatic heterocycles. The SMILES string of the molecule is CCCCO[Si](OCCCC)(c1cccc2ccccc12)c1cccc2ccccc12. The highest BCUT2D eigenvalue weighted by Crippen LogP contribution is 2.23. The van der Waals surface area contributed by atoms with Gasteiger partial charge in [-0.3, -0.25) is 0 Å². The summed E-state index contributed by atoms with van der Waals surface area (Å²) < 4.78 is 13.8. The molecule has 4 rings (SSSR count).